The SMILES string of the molecule is C=CC(=O)NCc1ccc(C(=O)N2CCSC3(CCOCC3)C2)cc1. The molecule has 2 fully saturated rings. The van der Waals surface area contributed by atoms with E-state index in [1.54, 1.807) is 0 Å². The van der Waals surface area contributed by atoms with E-state index < -0.39 is 0 Å². The van der Waals surface area contributed by atoms with Gasteiger partial charge in [-0.15, -0.1) is 0 Å². The van der Waals surface area contributed by atoms with Crippen LogP contribution in [-0.2, 0) is 16.1 Å². The van der Waals surface area contributed by atoms with Crippen LogP contribution in [0.4, 0.5) is 0 Å². The molecule has 3 rings (SSSR count). The monoisotopic (exact) mass is 360 g/mol. The second-order valence-corrected chi connectivity index (χ2v) is 8.05. The lowest BCUT2D eigenvalue weighted by molar-refractivity contribution is -0.116. The van der Waals surface area contributed by atoms with Gasteiger partial charge in [0, 0.05) is 48.9 Å². The molecule has 134 valence electrons. The van der Waals surface area contributed by atoms with Gasteiger partial charge in [-0.25, -0.2) is 0 Å². The summed E-state index contributed by atoms with van der Waals surface area (Å²) in [6.45, 7) is 7.04. The molecule has 2 heterocycles. The predicted molar refractivity (Wildman–Crippen MR) is 99.6 cm³/mol. The molecule has 1 aromatic rings. The number of nitrogens with zero attached hydrogens (tertiary/aromatic N) is 1. The number of benzene rings is 1. The van der Waals surface area contributed by atoms with Crippen LogP contribution in [0.25, 0.3) is 0 Å². The summed E-state index contributed by atoms with van der Waals surface area (Å²) in [5.41, 5.74) is 1.66. The van der Waals surface area contributed by atoms with Crippen molar-refractivity contribution < 1.29 is 14.3 Å². The van der Waals surface area contributed by atoms with Crippen molar-refractivity contribution >= 4 is 23.6 Å². The lowest BCUT2D eigenvalue weighted by atomic mass is 9.97. The van der Waals surface area contributed by atoms with E-state index in [-0.39, 0.29) is 16.6 Å². The number of rotatable bonds is 4. The first-order valence-electron chi connectivity index (χ1n) is 8.62. The maximum atomic E-state index is 12.9. The van der Waals surface area contributed by atoms with Gasteiger partial charge >= 0.3 is 0 Å². The van der Waals surface area contributed by atoms with Gasteiger partial charge in [0.15, 0.2) is 0 Å². The van der Waals surface area contributed by atoms with Gasteiger partial charge in [-0.05, 0) is 36.6 Å². The third-order valence-corrected chi connectivity index (χ3v) is 6.33. The summed E-state index contributed by atoms with van der Waals surface area (Å²) in [5, 5.41) is 2.73. The molecule has 0 unspecified atom stereocenters. The zero-order valence-corrected chi connectivity index (χ0v) is 15.1. The molecule has 1 N–H and O–H groups in total. The van der Waals surface area contributed by atoms with E-state index in [0.717, 1.165) is 50.5 Å². The largest absolute Gasteiger partial charge is 0.381 e. The van der Waals surface area contributed by atoms with Gasteiger partial charge in [0.1, 0.15) is 0 Å². The van der Waals surface area contributed by atoms with E-state index >= 15 is 0 Å². The van der Waals surface area contributed by atoms with Crippen LogP contribution in [0, 0.1) is 0 Å². The lowest BCUT2D eigenvalue weighted by Gasteiger charge is -2.44. The normalized spacial score (nSPS) is 19.4. The van der Waals surface area contributed by atoms with E-state index in [2.05, 4.69) is 11.9 Å². The fourth-order valence-electron chi connectivity index (χ4n) is 3.27. The van der Waals surface area contributed by atoms with Crippen LogP contribution in [0.1, 0.15) is 28.8 Å². The van der Waals surface area contributed by atoms with Gasteiger partial charge in [-0.1, -0.05) is 18.7 Å². The van der Waals surface area contributed by atoms with E-state index in [1.807, 2.05) is 40.9 Å². The highest BCUT2D eigenvalue weighted by Gasteiger charge is 2.39. The molecule has 2 saturated heterocycles. The Hall–Kier alpha value is -1.79. The van der Waals surface area contributed by atoms with Crippen LogP contribution in [0.15, 0.2) is 36.9 Å². The average Bonchev–Trinajstić information content (AvgIpc) is 2.66. The van der Waals surface area contributed by atoms with E-state index in [9.17, 15) is 9.59 Å². The van der Waals surface area contributed by atoms with Crippen molar-refractivity contribution in [1.82, 2.24) is 10.2 Å². The Bertz CT molecular complexity index is 633. The number of hydrogen-bond donors (Lipinski definition) is 1. The van der Waals surface area contributed by atoms with Gasteiger partial charge in [0.2, 0.25) is 5.91 Å². The highest BCUT2D eigenvalue weighted by atomic mass is 32.2. The first-order valence-corrected chi connectivity index (χ1v) is 9.61. The lowest BCUT2D eigenvalue weighted by Crippen LogP contribution is -2.51. The molecule has 1 spiro atoms. The molecule has 6 heteroatoms. The molecule has 0 aromatic heterocycles. The van der Waals surface area contributed by atoms with Crippen molar-refractivity contribution in [2.24, 2.45) is 0 Å². The summed E-state index contributed by atoms with van der Waals surface area (Å²) >= 11 is 1.99. The van der Waals surface area contributed by atoms with Crippen LogP contribution in [0.2, 0.25) is 0 Å². The highest BCUT2D eigenvalue weighted by molar-refractivity contribution is 8.00. The summed E-state index contributed by atoms with van der Waals surface area (Å²) < 4.78 is 5.65. The van der Waals surface area contributed by atoms with Gasteiger partial charge in [0.25, 0.3) is 5.91 Å². The van der Waals surface area contributed by atoms with Crippen molar-refractivity contribution in [3.8, 4) is 0 Å². The maximum Gasteiger partial charge on any atom is 0.253 e. The summed E-state index contributed by atoms with van der Waals surface area (Å²) in [6.07, 6.45) is 3.28. The fraction of sp³-hybridized carbons (Fsp3) is 0.474. The predicted octanol–water partition coefficient (Wildman–Crippen LogP) is 2.23. The van der Waals surface area contributed by atoms with Crippen molar-refractivity contribution in [1.29, 1.82) is 0 Å². The Morgan fingerprint density at radius 1 is 1.28 bits per heavy atom. The van der Waals surface area contributed by atoms with Crippen molar-refractivity contribution in [3.63, 3.8) is 0 Å². The number of thioether (sulfide) groups is 1. The van der Waals surface area contributed by atoms with Crippen LogP contribution in [0.3, 0.4) is 0 Å². The molecule has 2 aliphatic rings. The Balaban J connectivity index is 1.62. The minimum absolute atomic E-state index is 0.0906. The Morgan fingerprint density at radius 3 is 2.68 bits per heavy atom. The van der Waals surface area contributed by atoms with Crippen LogP contribution in [0.5, 0.6) is 0 Å². The third kappa shape index (κ3) is 4.44. The van der Waals surface area contributed by atoms with Crippen LogP contribution >= 0.6 is 11.8 Å². The Labute approximate surface area is 152 Å². The quantitative estimate of drug-likeness (QED) is 0.837. The zero-order valence-electron chi connectivity index (χ0n) is 14.3. The molecule has 0 aliphatic carbocycles. The Morgan fingerprint density at radius 2 is 2.00 bits per heavy atom. The number of nitrogens with one attached hydrogen (secondary N) is 1. The van der Waals surface area contributed by atoms with Crippen molar-refractivity contribution in [3.05, 3.63) is 48.0 Å². The number of carbonyl (C=O) groups is 2. The first kappa shape index (κ1) is 18.0. The summed E-state index contributed by atoms with van der Waals surface area (Å²) in [6, 6.07) is 7.46. The smallest absolute Gasteiger partial charge is 0.253 e. The minimum Gasteiger partial charge on any atom is -0.381 e. The standard InChI is InChI=1S/C19H24N2O3S/c1-2-17(22)20-13-15-3-5-16(6-4-15)18(23)21-9-12-25-19(14-21)7-10-24-11-8-19/h2-6H,1,7-14H2,(H,20,22). The molecular weight excluding hydrogens is 336 g/mol. The summed E-state index contributed by atoms with van der Waals surface area (Å²) in [4.78, 5) is 26.0. The van der Waals surface area contributed by atoms with Crippen LogP contribution in [-0.4, -0.2) is 53.5 Å². The second-order valence-electron chi connectivity index (χ2n) is 6.49. The summed E-state index contributed by atoms with van der Waals surface area (Å²) in [7, 11) is 0. The zero-order chi connectivity index (χ0) is 17.7. The number of carbonyl (C=O) groups excluding carboxylic acids is 2. The highest BCUT2D eigenvalue weighted by Crippen LogP contribution is 2.39. The van der Waals surface area contributed by atoms with Crippen molar-refractivity contribution in [2.75, 3.05) is 32.1 Å². The molecule has 0 radical (unpaired) electrons. The molecule has 5 nitrogen and oxygen atoms in total. The topological polar surface area (TPSA) is 58.6 Å². The molecule has 0 bridgehead atoms. The first-order chi connectivity index (χ1) is 12.1. The van der Waals surface area contributed by atoms with Gasteiger partial charge in [-0.3, -0.25) is 9.59 Å². The number of hydrogen-bond acceptors (Lipinski definition) is 4. The maximum absolute atomic E-state index is 12.9. The molecular formula is C19H24N2O3S. The number of ether oxygens (including phenoxy) is 1. The van der Waals surface area contributed by atoms with E-state index in [0.29, 0.717) is 12.1 Å². The third-order valence-electron chi connectivity index (χ3n) is 4.79. The van der Waals surface area contributed by atoms with E-state index in [1.165, 1.54) is 6.08 Å². The molecule has 0 saturated carbocycles. The number of amides is 2. The van der Waals surface area contributed by atoms with Gasteiger partial charge < -0.3 is 15.0 Å². The molecule has 1 aromatic carbocycles. The minimum atomic E-state index is -0.201. The fourth-order valence-corrected chi connectivity index (χ4v) is 4.72. The molecule has 0 atom stereocenters. The van der Waals surface area contributed by atoms with Gasteiger partial charge in [-0.2, -0.15) is 11.8 Å². The van der Waals surface area contributed by atoms with E-state index in [4.69, 9.17) is 4.74 Å². The molecule has 2 aliphatic heterocycles. The van der Waals surface area contributed by atoms with Crippen LogP contribution < -0.4 is 5.32 Å². The van der Waals surface area contributed by atoms with Gasteiger partial charge in [0.05, 0.1) is 0 Å². The Kier molecular flexibility index (Phi) is 5.81. The second kappa shape index (κ2) is 8.06. The summed E-state index contributed by atoms with van der Waals surface area (Å²) in [5.74, 6) is 0.873. The molecule has 25 heavy (non-hydrogen) atoms. The van der Waals surface area contributed by atoms with Crippen molar-refractivity contribution in [2.45, 2.75) is 24.1 Å². The molecule has 2 amide bonds. The average molecular weight is 360 g/mol.